The normalized spacial score (nSPS) is 19.2. The Kier molecular flexibility index (Phi) is 5.14. The fourth-order valence-corrected chi connectivity index (χ4v) is 4.51. The highest BCUT2D eigenvalue weighted by Gasteiger charge is 2.40. The van der Waals surface area contributed by atoms with E-state index in [-0.39, 0.29) is 11.5 Å². The summed E-state index contributed by atoms with van der Waals surface area (Å²) in [7, 11) is 0. The fraction of sp³-hybridized carbons (Fsp3) is 0.700. The van der Waals surface area contributed by atoms with E-state index in [1.54, 1.807) is 0 Å². The van der Waals surface area contributed by atoms with Crippen LogP contribution in [0.3, 0.4) is 0 Å². The molecule has 0 heterocycles. The third-order valence-electron chi connectivity index (χ3n) is 5.36. The topological polar surface area (TPSA) is 20.2 Å². The Morgan fingerprint density at radius 2 is 1.57 bits per heavy atom. The molecule has 1 unspecified atom stereocenters. The summed E-state index contributed by atoms with van der Waals surface area (Å²) in [6.07, 6.45) is 6.78. The number of benzene rings is 1. The van der Waals surface area contributed by atoms with E-state index in [2.05, 4.69) is 46.8 Å². The molecule has 0 aromatic heterocycles. The highest BCUT2D eigenvalue weighted by Crippen LogP contribution is 2.47. The first kappa shape index (κ1) is 16.5. The van der Waals surface area contributed by atoms with Crippen LogP contribution in [0.25, 0.3) is 0 Å². The summed E-state index contributed by atoms with van der Waals surface area (Å²) in [5.74, 6) is 0.665. The van der Waals surface area contributed by atoms with Crippen LogP contribution in [0.15, 0.2) is 12.1 Å². The van der Waals surface area contributed by atoms with Crippen LogP contribution in [0.5, 0.6) is 0 Å². The molecule has 118 valence electrons. The van der Waals surface area contributed by atoms with E-state index in [4.69, 9.17) is 0 Å². The van der Waals surface area contributed by atoms with Crippen molar-refractivity contribution in [3.63, 3.8) is 0 Å². The number of hydrogen-bond donors (Lipinski definition) is 1. The predicted octanol–water partition coefficient (Wildman–Crippen LogP) is 5.12. The summed E-state index contributed by atoms with van der Waals surface area (Å²) in [6, 6.07) is 4.50. The minimum absolute atomic E-state index is 0.165. The minimum atomic E-state index is -0.192. The zero-order valence-electron chi connectivity index (χ0n) is 14.5. The number of hydrogen-bond acceptors (Lipinski definition) is 1. The first-order chi connectivity index (χ1) is 9.84. The van der Waals surface area contributed by atoms with Crippen molar-refractivity contribution in [2.24, 2.45) is 11.3 Å². The van der Waals surface area contributed by atoms with Crippen LogP contribution < -0.4 is 0 Å². The van der Waals surface area contributed by atoms with E-state index >= 15 is 0 Å². The number of rotatable bonds is 5. The second-order valence-corrected chi connectivity index (χ2v) is 7.76. The average Bonchev–Trinajstić information content (AvgIpc) is 2.82. The van der Waals surface area contributed by atoms with Gasteiger partial charge >= 0.3 is 0 Å². The van der Waals surface area contributed by atoms with Crippen molar-refractivity contribution in [2.75, 3.05) is 0 Å². The molecule has 1 fully saturated rings. The maximum atomic E-state index is 11.0. The van der Waals surface area contributed by atoms with E-state index in [0.29, 0.717) is 5.92 Å². The van der Waals surface area contributed by atoms with Gasteiger partial charge < -0.3 is 5.11 Å². The van der Waals surface area contributed by atoms with Gasteiger partial charge in [-0.05, 0) is 74.5 Å². The molecule has 1 nitrogen and oxygen atoms in total. The van der Waals surface area contributed by atoms with Gasteiger partial charge in [0.15, 0.2) is 0 Å². The quantitative estimate of drug-likeness (QED) is 0.797. The van der Waals surface area contributed by atoms with Gasteiger partial charge in [0.2, 0.25) is 0 Å². The first-order valence-electron chi connectivity index (χ1n) is 8.59. The van der Waals surface area contributed by atoms with Crippen molar-refractivity contribution in [2.45, 2.75) is 79.2 Å². The van der Waals surface area contributed by atoms with Crippen LogP contribution >= 0.6 is 0 Å². The van der Waals surface area contributed by atoms with E-state index in [9.17, 15) is 5.11 Å². The Labute approximate surface area is 130 Å². The van der Waals surface area contributed by atoms with E-state index in [1.807, 2.05) is 0 Å². The molecule has 1 aliphatic carbocycles. The van der Waals surface area contributed by atoms with Crippen molar-refractivity contribution in [1.29, 1.82) is 0 Å². The minimum Gasteiger partial charge on any atom is -0.392 e. The predicted molar refractivity (Wildman–Crippen MR) is 90.7 cm³/mol. The van der Waals surface area contributed by atoms with E-state index in [0.717, 1.165) is 12.8 Å². The summed E-state index contributed by atoms with van der Waals surface area (Å²) in [4.78, 5) is 0. The maximum Gasteiger partial charge on any atom is 0.0637 e. The van der Waals surface area contributed by atoms with Gasteiger partial charge in [0.1, 0.15) is 0 Å². The van der Waals surface area contributed by atoms with Crippen molar-refractivity contribution in [3.05, 3.63) is 34.4 Å². The monoisotopic (exact) mass is 288 g/mol. The fourth-order valence-electron chi connectivity index (χ4n) is 4.51. The van der Waals surface area contributed by atoms with Crippen molar-refractivity contribution in [3.8, 4) is 0 Å². The van der Waals surface area contributed by atoms with E-state index in [1.165, 1.54) is 47.9 Å². The molecule has 0 bridgehead atoms. The maximum absolute atomic E-state index is 11.0. The number of aliphatic hydroxyl groups excluding tert-OH is 1. The van der Waals surface area contributed by atoms with Crippen molar-refractivity contribution >= 4 is 0 Å². The van der Waals surface area contributed by atoms with Gasteiger partial charge in [-0.3, -0.25) is 0 Å². The SMILES string of the molecule is Cc1cc(C)c(CC(O)C2(CC(C)C)CCCC2)c(C)c1. The van der Waals surface area contributed by atoms with Crippen LogP contribution in [0.1, 0.15) is 68.2 Å². The highest BCUT2D eigenvalue weighted by atomic mass is 16.3. The molecule has 21 heavy (non-hydrogen) atoms. The molecular weight excluding hydrogens is 256 g/mol. The average molecular weight is 288 g/mol. The highest BCUT2D eigenvalue weighted by molar-refractivity contribution is 5.38. The zero-order valence-corrected chi connectivity index (χ0v) is 14.5. The summed E-state index contributed by atoms with van der Waals surface area (Å²) >= 11 is 0. The lowest BCUT2D eigenvalue weighted by Crippen LogP contribution is -2.36. The van der Waals surface area contributed by atoms with Gasteiger partial charge in [-0.2, -0.15) is 0 Å². The molecule has 1 aromatic rings. The van der Waals surface area contributed by atoms with Gasteiger partial charge in [-0.25, -0.2) is 0 Å². The van der Waals surface area contributed by atoms with Gasteiger partial charge in [0.05, 0.1) is 6.10 Å². The molecule has 0 amide bonds. The molecule has 1 saturated carbocycles. The first-order valence-corrected chi connectivity index (χ1v) is 8.59. The Balaban J connectivity index is 2.21. The van der Waals surface area contributed by atoms with Gasteiger partial charge in [-0.15, -0.1) is 0 Å². The van der Waals surface area contributed by atoms with Crippen molar-refractivity contribution < 1.29 is 5.11 Å². The molecule has 0 spiro atoms. The lowest BCUT2D eigenvalue weighted by Gasteiger charge is -2.36. The molecule has 0 saturated heterocycles. The van der Waals surface area contributed by atoms with Crippen LogP contribution in [0.4, 0.5) is 0 Å². The van der Waals surface area contributed by atoms with Gasteiger partial charge in [-0.1, -0.05) is 44.4 Å². The van der Waals surface area contributed by atoms with Gasteiger partial charge in [0.25, 0.3) is 0 Å². The Hall–Kier alpha value is -0.820. The molecule has 1 aromatic carbocycles. The molecule has 0 radical (unpaired) electrons. The Morgan fingerprint density at radius 3 is 2.05 bits per heavy atom. The standard InChI is InChI=1S/C20H32O/c1-14(2)13-20(8-6-7-9-20)19(21)12-18-16(4)10-15(3)11-17(18)5/h10-11,14,19,21H,6-9,12-13H2,1-5H3. The largest absolute Gasteiger partial charge is 0.392 e. The Morgan fingerprint density at radius 1 is 1.05 bits per heavy atom. The summed E-state index contributed by atoms with van der Waals surface area (Å²) < 4.78 is 0. The summed E-state index contributed by atoms with van der Waals surface area (Å²) in [5.41, 5.74) is 5.52. The molecule has 1 N–H and O–H groups in total. The summed E-state index contributed by atoms with van der Waals surface area (Å²) in [5, 5.41) is 11.0. The molecule has 1 heteroatoms. The van der Waals surface area contributed by atoms with Crippen LogP contribution in [-0.4, -0.2) is 11.2 Å². The van der Waals surface area contributed by atoms with E-state index < -0.39 is 0 Å². The lowest BCUT2D eigenvalue weighted by atomic mass is 9.72. The lowest BCUT2D eigenvalue weighted by molar-refractivity contribution is 0.0132. The molecule has 1 atom stereocenters. The molecular formula is C20H32O. The van der Waals surface area contributed by atoms with Crippen LogP contribution in [0, 0.1) is 32.1 Å². The molecule has 2 rings (SSSR count). The smallest absolute Gasteiger partial charge is 0.0637 e. The molecule has 1 aliphatic rings. The third kappa shape index (κ3) is 3.69. The zero-order chi connectivity index (χ0) is 15.6. The number of aliphatic hydroxyl groups is 1. The van der Waals surface area contributed by atoms with Crippen LogP contribution in [0.2, 0.25) is 0 Å². The third-order valence-corrected chi connectivity index (χ3v) is 5.36. The molecule has 0 aliphatic heterocycles. The van der Waals surface area contributed by atoms with Gasteiger partial charge in [0, 0.05) is 0 Å². The van der Waals surface area contributed by atoms with Crippen LogP contribution in [-0.2, 0) is 6.42 Å². The second-order valence-electron chi connectivity index (χ2n) is 7.76. The summed E-state index contributed by atoms with van der Waals surface area (Å²) in [6.45, 7) is 11.1. The Bertz CT molecular complexity index is 458. The van der Waals surface area contributed by atoms with Crippen molar-refractivity contribution in [1.82, 2.24) is 0 Å². The number of aryl methyl sites for hydroxylation is 3. The second kappa shape index (κ2) is 6.52.